The van der Waals surface area contributed by atoms with Crippen molar-refractivity contribution in [1.82, 2.24) is 5.32 Å². The van der Waals surface area contributed by atoms with E-state index in [-0.39, 0.29) is 17.6 Å². The second-order valence-electron chi connectivity index (χ2n) is 4.51. The summed E-state index contributed by atoms with van der Waals surface area (Å²) in [7, 11) is 3.14. The van der Waals surface area contributed by atoms with Crippen LogP contribution in [0.1, 0.15) is 23.7 Å². The Hall–Kier alpha value is -2.08. The number of carboxylic acid groups (broad SMARTS) is 1. The molecule has 0 saturated heterocycles. The lowest BCUT2D eigenvalue weighted by atomic mass is 10.1. The van der Waals surface area contributed by atoms with E-state index in [0.29, 0.717) is 18.7 Å². The highest BCUT2D eigenvalue weighted by molar-refractivity contribution is 6.01. The highest BCUT2D eigenvalue weighted by Crippen LogP contribution is 2.19. The molecule has 0 heterocycles. The molecule has 110 valence electrons. The molecule has 1 atom stereocenters. The molecule has 1 aromatic rings. The molecule has 20 heavy (non-hydrogen) atoms. The zero-order chi connectivity index (χ0) is 15.1. The Balaban J connectivity index is 2.77. The molecule has 1 unspecified atom stereocenters. The fraction of sp³-hybridized carbons (Fsp3) is 0.429. The Kier molecular flexibility index (Phi) is 5.99. The first-order valence-corrected chi connectivity index (χ1v) is 6.32. The van der Waals surface area contributed by atoms with Crippen molar-refractivity contribution in [2.24, 2.45) is 0 Å². The van der Waals surface area contributed by atoms with Crippen LogP contribution in [-0.2, 0) is 4.74 Å². The normalized spacial score (nSPS) is 11.8. The van der Waals surface area contributed by atoms with Gasteiger partial charge in [-0.3, -0.25) is 4.90 Å². The van der Waals surface area contributed by atoms with Gasteiger partial charge in [0.15, 0.2) is 0 Å². The lowest BCUT2D eigenvalue weighted by Gasteiger charge is -2.22. The molecule has 1 aromatic carbocycles. The van der Waals surface area contributed by atoms with Crippen LogP contribution in [0.4, 0.5) is 10.5 Å². The van der Waals surface area contributed by atoms with Gasteiger partial charge in [-0.1, -0.05) is 12.1 Å². The fourth-order valence-corrected chi connectivity index (χ4v) is 1.73. The van der Waals surface area contributed by atoms with Gasteiger partial charge in [-0.2, -0.15) is 0 Å². The Morgan fingerprint density at radius 2 is 2.05 bits per heavy atom. The first-order valence-electron chi connectivity index (χ1n) is 6.32. The number of anilines is 1. The molecule has 0 radical (unpaired) electrons. The predicted molar refractivity (Wildman–Crippen MR) is 76.3 cm³/mol. The third-order valence-corrected chi connectivity index (χ3v) is 2.93. The van der Waals surface area contributed by atoms with Crippen molar-refractivity contribution in [2.45, 2.75) is 19.4 Å². The van der Waals surface area contributed by atoms with Crippen LogP contribution in [0.5, 0.6) is 0 Å². The lowest BCUT2D eigenvalue weighted by molar-refractivity contribution is 0.0697. The van der Waals surface area contributed by atoms with E-state index in [1.54, 1.807) is 32.4 Å². The summed E-state index contributed by atoms with van der Waals surface area (Å²) in [5.41, 5.74) is 0.450. The van der Waals surface area contributed by atoms with Crippen LogP contribution < -0.4 is 10.2 Å². The number of nitrogens with one attached hydrogen (secondary N) is 1. The molecule has 0 aliphatic rings. The molecule has 0 aromatic heterocycles. The highest BCUT2D eigenvalue weighted by Gasteiger charge is 2.18. The fourth-order valence-electron chi connectivity index (χ4n) is 1.73. The molecule has 6 nitrogen and oxygen atoms in total. The minimum Gasteiger partial charge on any atom is -0.478 e. The van der Waals surface area contributed by atoms with E-state index in [1.807, 2.05) is 6.92 Å². The van der Waals surface area contributed by atoms with Crippen molar-refractivity contribution in [3.63, 3.8) is 0 Å². The second kappa shape index (κ2) is 7.49. The van der Waals surface area contributed by atoms with E-state index in [1.165, 1.54) is 11.0 Å². The molecule has 0 fully saturated rings. The number of urea groups is 1. The molecule has 2 N–H and O–H groups in total. The van der Waals surface area contributed by atoms with Gasteiger partial charge >= 0.3 is 12.0 Å². The van der Waals surface area contributed by atoms with E-state index in [9.17, 15) is 9.59 Å². The van der Waals surface area contributed by atoms with Crippen LogP contribution >= 0.6 is 0 Å². The zero-order valence-corrected chi connectivity index (χ0v) is 11.9. The Morgan fingerprint density at radius 1 is 1.40 bits per heavy atom. The van der Waals surface area contributed by atoms with Gasteiger partial charge in [0.2, 0.25) is 0 Å². The van der Waals surface area contributed by atoms with Crippen molar-refractivity contribution in [3.05, 3.63) is 29.8 Å². The largest absolute Gasteiger partial charge is 0.478 e. The standard InChI is InChI=1S/C14H20N2O4/c1-10(8-9-20-3)15-14(19)16(2)12-7-5-4-6-11(12)13(17)18/h4-7,10H,8-9H2,1-3H3,(H,15,19)(H,17,18). The van der Waals surface area contributed by atoms with Crippen LogP contribution in [0.2, 0.25) is 0 Å². The Labute approximate surface area is 118 Å². The minimum atomic E-state index is -1.06. The SMILES string of the molecule is COCCC(C)NC(=O)N(C)c1ccccc1C(=O)O. The van der Waals surface area contributed by atoms with E-state index in [4.69, 9.17) is 9.84 Å². The summed E-state index contributed by atoms with van der Waals surface area (Å²) < 4.78 is 4.95. The van der Waals surface area contributed by atoms with Crippen molar-refractivity contribution in [1.29, 1.82) is 0 Å². The monoisotopic (exact) mass is 280 g/mol. The summed E-state index contributed by atoms with van der Waals surface area (Å²) in [6, 6.07) is 5.99. The van der Waals surface area contributed by atoms with E-state index >= 15 is 0 Å². The van der Waals surface area contributed by atoms with E-state index < -0.39 is 5.97 Å². The third-order valence-electron chi connectivity index (χ3n) is 2.93. The summed E-state index contributed by atoms with van der Waals surface area (Å²) in [6.45, 7) is 2.42. The van der Waals surface area contributed by atoms with Crippen LogP contribution in [0.15, 0.2) is 24.3 Å². The van der Waals surface area contributed by atoms with Crippen LogP contribution in [0, 0.1) is 0 Å². The molecule has 0 bridgehead atoms. The topological polar surface area (TPSA) is 78.9 Å². The number of carboxylic acids is 1. The van der Waals surface area contributed by atoms with Crippen LogP contribution in [-0.4, -0.2) is 43.9 Å². The van der Waals surface area contributed by atoms with Gasteiger partial charge in [0, 0.05) is 26.8 Å². The quantitative estimate of drug-likeness (QED) is 0.835. The molecule has 2 amide bonds. The maximum atomic E-state index is 12.1. The molecule has 0 spiro atoms. The van der Waals surface area contributed by atoms with Gasteiger partial charge < -0.3 is 15.2 Å². The highest BCUT2D eigenvalue weighted by atomic mass is 16.5. The molecule has 6 heteroatoms. The van der Waals surface area contributed by atoms with Gasteiger partial charge in [-0.25, -0.2) is 9.59 Å². The maximum absolute atomic E-state index is 12.1. The second-order valence-corrected chi connectivity index (χ2v) is 4.51. The number of para-hydroxylation sites is 1. The number of nitrogens with zero attached hydrogens (tertiary/aromatic N) is 1. The van der Waals surface area contributed by atoms with Crippen LogP contribution in [0.3, 0.4) is 0 Å². The summed E-state index contributed by atoms with van der Waals surface area (Å²) in [4.78, 5) is 24.5. The predicted octanol–water partition coefficient (Wildman–Crippen LogP) is 1.96. The minimum absolute atomic E-state index is 0.0538. The average molecular weight is 280 g/mol. The number of amides is 2. The lowest BCUT2D eigenvalue weighted by Crippen LogP contribution is -2.42. The first kappa shape index (κ1) is 16.0. The molecule has 0 saturated carbocycles. The third kappa shape index (κ3) is 4.24. The van der Waals surface area contributed by atoms with Gasteiger partial charge in [0.25, 0.3) is 0 Å². The molecule has 1 rings (SSSR count). The zero-order valence-electron chi connectivity index (χ0n) is 11.9. The number of hydrogen-bond donors (Lipinski definition) is 2. The number of benzene rings is 1. The van der Waals surface area contributed by atoms with Gasteiger partial charge in [-0.15, -0.1) is 0 Å². The molecular formula is C14H20N2O4. The van der Waals surface area contributed by atoms with Gasteiger partial charge in [0.05, 0.1) is 11.3 Å². The summed E-state index contributed by atoms with van der Waals surface area (Å²) in [5, 5.41) is 11.9. The first-order chi connectivity index (χ1) is 9.47. The number of hydrogen-bond acceptors (Lipinski definition) is 3. The Morgan fingerprint density at radius 3 is 2.65 bits per heavy atom. The molecule has 0 aliphatic heterocycles. The Bertz CT molecular complexity index is 476. The van der Waals surface area contributed by atoms with E-state index in [2.05, 4.69) is 5.32 Å². The smallest absolute Gasteiger partial charge is 0.337 e. The number of rotatable bonds is 6. The molecule has 0 aliphatic carbocycles. The van der Waals surface area contributed by atoms with Crippen LogP contribution in [0.25, 0.3) is 0 Å². The number of ether oxygens (including phenoxy) is 1. The maximum Gasteiger partial charge on any atom is 0.337 e. The number of aromatic carboxylic acids is 1. The number of methoxy groups -OCH3 is 1. The van der Waals surface area contributed by atoms with Crippen molar-refractivity contribution < 1.29 is 19.4 Å². The van der Waals surface area contributed by atoms with Crippen molar-refractivity contribution >= 4 is 17.7 Å². The van der Waals surface area contributed by atoms with Crippen molar-refractivity contribution in [3.8, 4) is 0 Å². The number of carbonyl (C=O) groups is 2. The average Bonchev–Trinajstić information content (AvgIpc) is 2.44. The summed E-state index contributed by atoms with van der Waals surface area (Å²) >= 11 is 0. The van der Waals surface area contributed by atoms with E-state index in [0.717, 1.165) is 0 Å². The summed E-state index contributed by atoms with van der Waals surface area (Å²) in [5.74, 6) is -1.06. The number of carbonyl (C=O) groups excluding carboxylic acids is 1. The van der Waals surface area contributed by atoms with Gasteiger partial charge in [-0.05, 0) is 25.5 Å². The van der Waals surface area contributed by atoms with Crippen molar-refractivity contribution in [2.75, 3.05) is 25.7 Å². The summed E-state index contributed by atoms with van der Waals surface area (Å²) in [6.07, 6.45) is 0.691. The molecular weight excluding hydrogens is 260 g/mol. The van der Waals surface area contributed by atoms with Gasteiger partial charge in [0.1, 0.15) is 0 Å².